The number of hydrogen-bond acceptors (Lipinski definition) is 3. The molecule has 5 nitrogen and oxygen atoms in total. The predicted octanol–water partition coefficient (Wildman–Crippen LogP) is 1.18. The molecule has 0 unspecified atom stereocenters. The Balaban J connectivity index is 2.46. The molecule has 0 amide bonds. The Morgan fingerprint density at radius 3 is 2.94 bits per heavy atom. The van der Waals surface area contributed by atoms with E-state index in [-0.39, 0.29) is 18.7 Å². The zero-order chi connectivity index (χ0) is 12.7. The first-order valence-corrected chi connectivity index (χ1v) is 5.81. The molecule has 0 atom stereocenters. The first-order chi connectivity index (χ1) is 8.72. The highest BCUT2D eigenvalue weighted by atomic mass is 16.3. The van der Waals surface area contributed by atoms with Gasteiger partial charge in [-0.15, -0.1) is 0 Å². The number of hydrogen-bond donors (Lipinski definition) is 2. The van der Waals surface area contributed by atoms with Crippen LogP contribution in [0.5, 0.6) is 0 Å². The van der Waals surface area contributed by atoms with Crippen molar-refractivity contribution < 1.29 is 5.11 Å². The fraction of sp³-hybridized carbons (Fsp3) is 0.231. The molecule has 0 fully saturated rings. The third-order valence-electron chi connectivity index (χ3n) is 3.13. The van der Waals surface area contributed by atoms with Gasteiger partial charge < -0.3 is 10.1 Å². The van der Waals surface area contributed by atoms with Crippen LogP contribution in [0.2, 0.25) is 0 Å². The van der Waals surface area contributed by atoms with Crippen LogP contribution in [0.15, 0.2) is 29.1 Å². The van der Waals surface area contributed by atoms with Crippen molar-refractivity contribution in [3.05, 3.63) is 40.4 Å². The fourth-order valence-electron chi connectivity index (χ4n) is 2.27. The number of aromatic amines is 1. The zero-order valence-electron chi connectivity index (χ0n) is 9.97. The SMILES string of the molecule is Cc1nc2c([nH]c3ccccc32)c(=O)n1CCO. The van der Waals surface area contributed by atoms with Crippen LogP contribution in [0.4, 0.5) is 0 Å². The lowest BCUT2D eigenvalue weighted by atomic mass is 10.2. The summed E-state index contributed by atoms with van der Waals surface area (Å²) in [6.45, 7) is 1.97. The van der Waals surface area contributed by atoms with E-state index in [1.54, 1.807) is 6.92 Å². The Kier molecular flexibility index (Phi) is 2.41. The van der Waals surface area contributed by atoms with Crippen molar-refractivity contribution in [3.8, 4) is 0 Å². The van der Waals surface area contributed by atoms with Gasteiger partial charge >= 0.3 is 0 Å². The monoisotopic (exact) mass is 243 g/mol. The second-order valence-electron chi connectivity index (χ2n) is 4.23. The molecule has 2 aromatic heterocycles. The number of nitrogens with one attached hydrogen (secondary N) is 1. The summed E-state index contributed by atoms with van der Waals surface area (Å²) in [4.78, 5) is 19.8. The van der Waals surface area contributed by atoms with E-state index >= 15 is 0 Å². The van der Waals surface area contributed by atoms with E-state index in [9.17, 15) is 4.79 Å². The number of fused-ring (bicyclic) bond motifs is 3. The van der Waals surface area contributed by atoms with E-state index in [2.05, 4.69) is 9.97 Å². The molecule has 0 aliphatic heterocycles. The van der Waals surface area contributed by atoms with Gasteiger partial charge in [0.2, 0.25) is 0 Å². The summed E-state index contributed by atoms with van der Waals surface area (Å²) in [5, 5.41) is 9.93. The fourth-order valence-corrected chi connectivity index (χ4v) is 2.27. The molecule has 0 aliphatic carbocycles. The van der Waals surface area contributed by atoms with Crippen LogP contribution in [0.3, 0.4) is 0 Å². The Morgan fingerprint density at radius 1 is 1.39 bits per heavy atom. The summed E-state index contributed by atoms with van der Waals surface area (Å²) in [5.41, 5.74) is 1.96. The summed E-state index contributed by atoms with van der Waals surface area (Å²) in [6.07, 6.45) is 0. The number of aromatic nitrogens is 3. The van der Waals surface area contributed by atoms with Gasteiger partial charge in [-0.1, -0.05) is 18.2 Å². The van der Waals surface area contributed by atoms with Gasteiger partial charge in [0.25, 0.3) is 5.56 Å². The number of aryl methyl sites for hydroxylation is 1. The lowest BCUT2D eigenvalue weighted by molar-refractivity contribution is 0.272. The van der Waals surface area contributed by atoms with Crippen LogP contribution in [-0.4, -0.2) is 26.2 Å². The van der Waals surface area contributed by atoms with Gasteiger partial charge in [-0.25, -0.2) is 4.98 Å². The lowest BCUT2D eigenvalue weighted by Crippen LogP contribution is -2.25. The molecule has 92 valence electrons. The Labute approximate surface area is 103 Å². The van der Waals surface area contributed by atoms with E-state index in [0.29, 0.717) is 16.9 Å². The van der Waals surface area contributed by atoms with Gasteiger partial charge in [-0.05, 0) is 13.0 Å². The second kappa shape index (κ2) is 3.96. The van der Waals surface area contributed by atoms with Gasteiger partial charge in [0.05, 0.1) is 13.2 Å². The smallest absolute Gasteiger partial charge is 0.277 e. The summed E-state index contributed by atoms with van der Waals surface area (Å²) in [6, 6.07) is 7.70. The van der Waals surface area contributed by atoms with E-state index in [1.807, 2.05) is 24.3 Å². The molecule has 2 N–H and O–H groups in total. The molecule has 0 saturated heterocycles. The van der Waals surface area contributed by atoms with Gasteiger partial charge in [-0.2, -0.15) is 0 Å². The standard InChI is InChI=1S/C13H13N3O2/c1-8-14-11-9-4-2-3-5-10(9)15-12(11)13(18)16(8)6-7-17/h2-5,15,17H,6-7H2,1H3. The highest BCUT2D eigenvalue weighted by molar-refractivity contribution is 6.04. The first kappa shape index (κ1) is 11.0. The topological polar surface area (TPSA) is 70.9 Å². The number of nitrogens with zero attached hydrogens (tertiary/aromatic N) is 2. The number of rotatable bonds is 2. The molecule has 3 aromatic rings. The molecular weight excluding hydrogens is 230 g/mol. The maximum atomic E-state index is 12.3. The zero-order valence-corrected chi connectivity index (χ0v) is 9.97. The van der Waals surface area contributed by atoms with Crippen molar-refractivity contribution in [1.29, 1.82) is 0 Å². The molecule has 2 heterocycles. The Bertz CT molecular complexity index is 786. The maximum absolute atomic E-state index is 12.3. The normalized spacial score (nSPS) is 11.4. The number of H-pyrrole nitrogens is 1. The van der Waals surface area contributed by atoms with E-state index < -0.39 is 0 Å². The van der Waals surface area contributed by atoms with Crippen molar-refractivity contribution in [3.63, 3.8) is 0 Å². The highest BCUT2D eigenvalue weighted by Gasteiger charge is 2.12. The molecule has 0 radical (unpaired) electrons. The van der Waals surface area contributed by atoms with Gasteiger partial charge in [-0.3, -0.25) is 9.36 Å². The lowest BCUT2D eigenvalue weighted by Gasteiger charge is -2.06. The van der Waals surface area contributed by atoms with Crippen molar-refractivity contribution in [2.24, 2.45) is 0 Å². The van der Waals surface area contributed by atoms with E-state index in [0.717, 1.165) is 10.9 Å². The molecule has 0 saturated carbocycles. The summed E-state index contributed by atoms with van der Waals surface area (Å²) in [5.74, 6) is 0.617. The first-order valence-electron chi connectivity index (χ1n) is 5.81. The van der Waals surface area contributed by atoms with Crippen LogP contribution >= 0.6 is 0 Å². The van der Waals surface area contributed by atoms with Crippen molar-refractivity contribution in [2.75, 3.05) is 6.61 Å². The van der Waals surface area contributed by atoms with Crippen molar-refractivity contribution in [2.45, 2.75) is 13.5 Å². The largest absolute Gasteiger partial charge is 0.395 e. The average molecular weight is 243 g/mol. The van der Waals surface area contributed by atoms with Crippen LogP contribution in [0.25, 0.3) is 21.9 Å². The maximum Gasteiger partial charge on any atom is 0.277 e. The summed E-state index contributed by atoms with van der Waals surface area (Å²) in [7, 11) is 0. The van der Waals surface area contributed by atoms with E-state index in [4.69, 9.17) is 5.11 Å². The molecule has 3 rings (SSSR count). The third kappa shape index (κ3) is 1.44. The number of benzene rings is 1. The van der Waals surface area contributed by atoms with Crippen molar-refractivity contribution in [1.82, 2.24) is 14.5 Å². The van der Waals surface area contributed by atoms with Crippen LogP contribution in [0, 0.1) is 6.92 Å². The average Bonchev–Trinajstić information content (AvgIpc) is 2.74. The Hall–Kier alpha value is -2.14. The quantitative estimate of drug-likeness (QED) is 0.710. The number of para-hydroxylation sites is 1. The summed E-state index contributed by atoms with van der Waals surface area (Å²) < 4.78 is 1.48. The van der Waals surface area contributed by atoms with Gasteiger partial charge in [0.1, 0.15) is 16.9 Å². The minimum Gasteiger partial charge on any atom is -0.395 e. The Morgan fingerprint density at radius 2 is 2.17 bits per heavy atom. The highest BCUT2D eigenvalue weighted by Crippen LogP contribution is 2.21. The number of aliphatic hydroxyl groups is 1. The third-order valence-corrected chi connectivity index (χ3v) is 3.13. The minimum absolute atomic E-state index is 0.0752. The van der Waals surface area contributed by atoms with Gasteiger partial charge in [0, 0.05) is 10.9 Å². The summed E-state index contributed by atoms with van der Waals surface area (Å²) >= 11 is 0. The number of aliphatic hydroxyl groups excluding tert-OH is 1. The van der Waals surface area contributed by atoms with Crippen LogP contribution in [-0.2, 0) is 6.54 Å². The minimum atomic E-state index is -0.136. The second-order valence-corrected chi connectivity index (χ2v) is 4.23. The van der Waals surface area contributed by atoms with E-state index in [1.165, 1.54) is 4.57 Å². The van der Waals surface area contributed by atoms with Gasteiger partial charge in [0.15, 0.2) is 0 Å². The van der Waals surface area contributed by atoms with Crippen LogP contribution < -0.4 is 5.56 Å². The van der Waals surface area contributed by atoms with Crippen molar-refractivity contribution >= 4 is 21.9 Å². The molecule has 0 aliphatic rings. The molecular formula is C13H13N3O2. The molecule has 0 bridgehead atoms. The molecule has 0 spiro atoms. The molecule has 1 aromatic carbocycles. The molecule has 18 heavy (non-hydrogen) atoms. The molecule has 5 heteroatoms. The van der Waals surface area contributed by atoms with Crippen LogP contribution in [0.1, 0.15) is 5.82 Å². The predicted molar refractivity (Wildman–Crippen MR) is 69.7 cm³/mol.